The summed E-state index contributed by atoms with van der Waals surface area (Å²) in [5.41, 5.74) is 3.78. The molecule has 0 radical (unpaired) electrons. The minimum atomic E-state index is -3.76. The van der Waals surface area contributed by atoms with Gasteiger partial charge in [0.2, 0.25) is 15.9 Å². The van der Waals surface area contributed by atoms with Crippen LogP contribution >= 0.6 is 0 Å². The molecule has 1 N–H and O–H groups in total. The van der Waals surface area contributed by atoms with Gasteiger partial charge in [0.15, 0.2) is 0 Å². The van der Waals surface area contributed by atoms with E-state index in [0.29, 0.717) is 0 Å². The fraction of sp³-hybridized carbons (Fsp3) is 0.292. The number of amides is 1. The second kappa shape index (κ2) is 8.20. The highest BCUT2D eigenvalue weighted by molar-refractivity contribution is 7.89. The first kappa shape index (κ1) is 20.6. The third-order valence-electron chi connectivity index (χ3n) is 5.80. The third-order valence-corrected chi connectivity index (χ3v) is 7.59. The minimum absolute atomic E-state index is 0.180. The molecule has 0 bridgehead atoms. The predicted octanol–water partition coefficient (Wildman–Crippen LogP) is 3.83. The largest absolute Gasteiger partial charge is 0.348 e. The molecule has 0 spiro atoms. The molecule has 6 heteroatoms. The topological polar surface area (TPSA) is 66.5 Å². The van der Waals surface area contributed by atoms with E-state index in [2.05, 4.69) is 17.4 Å². The van der Waals surface area contributed by atoms with Crippen molar-refractivity contribution < 1.29 is 13.2 Å². The summed E-state index contributed by atoms with van der Waals surface area (Å²) >= 11 is 0. The van der Waals surface area contributed by atoms with E-state index in [9.17, 15) is 13.2 Å². The molecule has 0 saturated heterocycles. The molecule has 1 amide bonds. The molecule has 0 aromatic heterocycles. The highest BCUT2D eigenvalue weighted by Crippen LogP contribution is 2.25. The molecule has 3 aromatic carbocycles. The van der Waals surface area contributed by atoms with Gasteiger partial charge >= 0.3 is 0 Å². The van der Waals surface area contributed by atoms with Crippen molar-refractivity contribution in [2.24, 2.45) is 0 Å². The lowest BCUT2D eigenvalue weighted by Crippen LogP contribution is -2.39. The lowest BCUT2D eigenvalue weighted by Gasteiger charge is -2.20. The Labute approximate surface area is 177 Å². The molecule has 4 rings (SSSR count). The minimum Gasteiger partial charge on any atom is -0.348 e. The maximum Gasteiger partial charge on any atom is 0.243 e. The van der Waals surface area contributed by atoms with Crippen LogP contribution in [0, 0.1) is 0 Å². The van der Waals surface area contributed by atoms with Crippen molar-refractivity contribution in [1.82, 2.24) is 9.62 Å². The number of likely N-dealkylation sites (N-methyl/N-ethyl adjacent to an activating group) is 1. The maximum atomic E-state index is 12.9. The molecule has 3 aromatic rings. The fourth-order valence-electron chi connectivity index (χ4n) is 4.03. The van der Waals surface area contributed by atoms with Crippen molar-refractivity contribution in [2.45, 2.75) is 37.1 Å². The summed E-state index contributed by atoms with van der Waals surface area (Å²) < 4.78 is 27.0. The van der Waals surface area contributed by atoms with Crippen LogP contribution in [0.3, 0.4) is 0 Å². The monoisotopic (exact) mass is 422 g/mol. The third kappa shape index (κ3) is 4.11. The molecule has 0 aliphatic heterocycles. The summed E-state index contributed by atoms with van der Waals surface area (Å²) in [5.74, 6) is -0.324. The van der Waals surface area contributed by atoms with Crippen molar-refractivity contribution in [3.63, 3.8) is 0 Å². The van der Waals surface area contributed by atoms with Gasteiger partial charge in [-0.3, -0.25) is 4.79 Å². The molecule has 0 saturated carbocycles. The zero-order valence-corrected chi connectivity index (χ0v) is 18.1. The van der Waals surface area contributed by atoms with Gasteiger partial charge in [0.05, 0.1) is 17.5 Å². The molecule has 156 valence electrons. The summed E-state index contributed by atoms with van der Waals surface area (Å²) in [5, 5.41) is 4.75. The number of hydrogen-bond acceptors (Lipinski definition) is 3. The molecule has 0 fully saturated rings. The van der Waals surface area contributed by atoms with E-state index >= 15 is 0 Å². The molecule has 0 heterocycles. The second-order valence-electron chi connectivity index (χ2n) is 7.94. The molecule has 5 nitrogen and oxygen atoms in total. The lowest BCUT2D eigenvalue weighted by molar-refractivity contribution is -0.121. The summed E-state index contributed by atoms with van der Waals surface area (Å²) in [4.78, 5) is 12.7. The normalized spacial score (nSPS) is 14.6. The molecular weight excluding hydrogens is 396 g/mol. The van der Waals surface area contributed by atoms with E-state index in [1.165, 1.54) is 24.6 Å². The van der Waals surface area contributed by atoms with Gasteiger partial charge in [-0.15, -0.1) is 0 Å². The Morgan fingerprint density at radius 1 is 1.00 bits per heavy atom. The van der Waals surface area contributed by atoms with Gasteiger partial charge in [-0.1, -0.05) is 48.5 Å². The molecule has 1 aliphatic carbocycles. The van der Waals surface area contributed by atoms with Crippen molar-refractivity contribution in [2.75, 3.05) is 13.6 Å². The van der Waals surface area contributed by atoms with Crippen molar-refractivity contribution in [3.05, 3.63) is 77.4 Å². The van der Waals surface area contributed by atoms with E-state index in [1.807, 2.05) is 37.3 Å². The maximum absolute atomic E-state index is 12.9. The first-order valence-corrected chi connectivity index (χ1v) is 11.6. The quantitative estimate of drug-likeness (QED) is 0.657. The Bertz CT molecular complexity index is 1200. The zero-order chi connectivity index (χ0) is 21.3. The zero-order valence-electron chi connectivity index (χ0n) is 17.3. The fourth-order valence-corrected chi connectivity index (χ4v) is 5.19. The average molecular weight is 423 g/mol. The number of aryl methyl sites for hydroxylation is 2. The van der Waals surface area contributed by atoms with Gasteiger partial charge in [0, 0.05) is 7.05 Å². The van der Waals surface area contributed by atoms with Crippen LogP contribution in [0.2, 0.25) is 0 Å². The number of nitrogens with zero attached hydrogens (tertiary/aromatic N) is 1. The molecule has 1 atom stereocenters. The van der Waals surface area contributed by atoms with E-state index in [-0.39, 0.29) is 23.4 Å². The van der Waals surface area contributed by atoms with Crippen LogP contribution in [-0.2, 0) is 27.7 Å². The standard InChI is InChI=1S/C24H26N2O3S/c1-17(20-11-10-19-8-5-9-21(19)14-20)25-24(27)16-26(2)30(28,29)23-13-12-18-6-3-4-7-22(18)15-23/h3-4,6-7,10-15,17H,5,8-9,16H2,1-2H3,(H,25,27)/t17-/m1/s1. The van der Waals surface area contributed by atoms with Gasteiger partial charge in [0.25, 0.3) is 0 Å². The number of sulfonamides is 1. The molecule has 30 heavy (non-hydrogen) atoms. The first-order valence-electron chi connectivity index (χ1n) is 10.2. The molecular formula is C24H26N2O3S. The van der Waals surface area contributed by atoms with E-state index in [4.69, 9.17) is 0 Å². The average Bonchev–Trinajstić information content (AvgIpc) is 3.21. The van der Waals surface area contributed by atoms with Crippen LogP contribution in [0.25, 0.3) is 10.8 Å². The van der Waals surface area contributed by atoms with Crippen molar-refractivity contribution in [1.29, 1.82) is 0 Å². The Hall–Kier alpha value is -2.70. The Kier molecular flexibility index (Phi) is 5.62. The molecule has 1 aliphatic rings. The van der Waals surface area contributed by atoms with Gasteiger partial charge in [-0.05, 0) is 65.8 Å². The number of rotatable bonds is 6. The highest BCUT2D eigenvalue weighted by Gasteiger charge is 2.24. The van der Waals surface area contributed by atoms with Crippen LogP contribution in [0.15, 0.2) is 65.6 Å². The number of carbonyl (C=O) groups is 1. The number of benzene rings is 3. The summed E-state index contributed by atoms with van der Waals surface area (Å²) in [6.45, 7) is 1.69. The second-order valence-corrected chi connectivity index (χ2v) is 9.99. The van der Waals surface area contributed by atoms with Crippen LogP contribution in [0.4, 0.5) is 0 Å². The number of carbonyl (C=O) groups excluding carboxylic acids is 1. The summed E-state index contributed by atoms with van der Waals surface area (Å²) in [6.07, 6.45) is 3.38. The number of fused-ring (bicyclic) bond motifs is 2. The Balaban J connectivity index is 1.44. The lowest BCUT2D eigenvalue weighted by atomic mass is 10.0. The summed E-state index contributed by atoms with van der Waals surface area (Å²) in [6, 6.07) is 18.8. The van der Waals surface area contributed by atoms with Crippen molar-refractivity contribution >= 4 is 26.7 Å². The van der Waals surface area contributed by atoms with Crippen LogP contribution in [-0.4, -0.2) is 32.2 Å². The van der Waals surface area contributed by atoms with Crippen LogP contribution in [0.5, 0.6) is 0 Å². The molecule has 0 unspecified atom stereocenters. The van der Waals surface area contributed by atoms with Crippen molar-refractivity contribution in [3.8, 4) is 0 Å². The number of hydrogen-bond donors (Lipinski definition) is 1. The van der Waals surface area contributed by atoms with E-state index in [1.54, 1.807) is 18.2 Å². The summed E-state index contributed by atoms with van der Waals surface area (Å²) in [7, 11) is -2.33. The van der Waals surface area contributed by atoms with Crippen LogP contribution in [0.1, 0.15) is 36.1 Å². The van der Waals surface area contributed by atoms with Gasteiger partial charge in [-0.25, -0.2) is 8.42 Å². The highest BCUT2D eigenvalue weighted by atomic mass is 32.2. The first-order chi connectivity index (χ1) is 14.3. The smallest absolute Gasteiger partial charge is 0.243 e. The van der Waals surface area contributed by atoms with Gasteiger partial charge < -0.3 is 5.32 Å². The van der Waals surface area contributed by atoms with Gasteiger partial charge in [0.1, 0.15) is 0 Å². The number of nitrogens with one attached hydrogen (secondary N) is 1. The van der Waals surface area contributed by atoms with Crippen LogP contribution < -0.4 is 5.32 Å². The Morgan fingerprint density at radius 2 is 1.73 bits per heavy atom. The van der Waals surface area contributed by atoms with E-state index in [0.717, 1.165) is 33.5 Å². The predicted molar refractivity (Wildman–Crippen MR) is 119 cm³/mol. The Morgan fingerprint density at radius 3 is 2.53 bits per heavy atom. The van der Waals surface area contributed by atoms with E-state index < -0.39 is 10.0 Å². The van der Waals surface area contributed by atoms with Gasteiger partial charge in [-0.2, -0.15) is 4.31 Å². The SMILES string of the molecule is C[C@@H](NC(=O)CN(C)S(=O)(=O)c1ccc2ccccc2c1)c1ccc2c(c1)CCC2.